The van der Waals surface area contributed by atoms with Gasteiger partial charge in [0, 0.05) is 32.1 Å². The molecule has 0 saturated carbocycles. The molecule has 0 radical (unpaired) electrons. The fourth-order valence-electron chi connectivity index (χ4n) is 8.42. The van der Waals surface area contributed by atoms with Crippen LogP contribution < -0.4 is 5.32 Å². The standard InChI is InChI=1S/C54H107NO7/c1-6-11-15-19-21-27-36-50(34-25-17-13-8-3)48-61-53(56)40-31-23-29-38-52(55-42-33-43-59-46-47-60-45-44-58-10-5)39-30-24-32-41-54(57)62-49-51(35-26-18-14-9-4)37-28-22-20-16-12-7-2/h50-52,55H,6-49H2,1-5H3. The highest BCUT2D eigenvalue weighted by Crippen LogP contribution is 2.22. The minimum atomic E-state index is -0.0142. The molecule has 2 unspecified atom stereocenters. The lowest BCUT2D eigenvalue weighted by Crippen LogP contribution is -2.30. The molecule has 370 valence electrons. The summed E-state index contributed by atoms with van der Waals surface area (Å²) in [5, 5.41) is 3.81. The monoisotopic (exact) mass is 882 g/mol. The van der Waals surface area contributed by atoms with Crippen LogP contribution in [0.5, 0.6) is 0 Å². The molecule has 0 aliphatic rings. The van der Waals surface area contributed by atoms with E-state index in [9.17, 15) is 9.59 Å². The zero-order valence-corrected chi connectivity index (χ0v) is 42.2. The summed E-state index contributed by atoms with van der Waals surface area (Å²) >= 11 is 0. The molecule has 1 N–H and O–H groups in total. The predicted molar refractivity (Wildman–Crippen MR) is 263 cm³/mol. The van der Waals surface area contributed by atoms with Gasteiger partial charge in [-0.1, -0.05) is 182 Å². The second-order valence-electron chi connectivity index (χ2n) is 18.5. The molecule has 62 heavy (non-hydrogen) atoms. The van der Waals surface area contributed by atoms with Gasteiger partial charge in [0.2, 0.25) is 0 Å². The molecule has 0 aromatic rings. The van der Waals surface area contributed by atoms with Crippen LogP contribution in [0.15, 0.2) is 0 Å². The Hall–Kier alpha value is -1.22. The number of ether oxygens (including phenoxy) is 5. The van der Waals surface area contributed by atoms with Crippen LogP contribution in [0.2, 0.25) is 0 Å². The Bertz CT molecular complexity index is 846. The molecule has 0 aromatic carbocycles. The average Bonchev–Trinajstić information content (AvgIpc) is 3.27. The number of carbonyl (C=O) groups is 2. The molecule has 0 spiro atoms. The zero-order chi connectivity index (χ0) is 45.2. The Kier molecular flexibility index (Phi) is 49.8. The lowest BCUT2D eigenvalue weighted by atomic mass is 9.95. The highest BCUT2D eigenvalue weighted by atomic mass is 16.5. The maximum Gasteiger partial charge on any atom is 0.305 e. The predicted octanol–water partition coefficient (Wildman–Crippen LogP) is 15.1. The van der Waals surface area contributed by atoms with Gasteiger partial charge in [0.25, 0.3) is 0 Å². The number of hydrogen-bond acceptors (Lipinski definition) is 8. The first-order valence-electron chi connectivity index (χ1n) is 27.3. The molecule has 8 heteroatoms. The van der Waals surface area contributed by atoms with E-state index < -0.39 is 0 Å². The van der Waals surface area contributed by atoms with E-state index in [4.69, 9.17) is 23.7 Å². The molecular formula is C54H107NO7. The van der Waals surface area contributed by atoms with Gasteiger partial charge in [-0.05, 0) is 83.1 Å². The average molecular weight is 882 g/mol. The Morgan fingerprint density at radius 1 is 0.371 bits per heavy atom. The molecule has 8 nitrogen and oxygen atoms in total. The largest absolute Gasteiger partial charge is 0.465 e. The molecule has 0 rings (SSSR count). The van der Waals surface area contributed by atoms with Crippen molar-refractivity contribution in [2.75, 3.05) is 59.4 Å². The number of carbonyl (C=O) groups excluding carboxylic acids is 2. The highest BCUT2D eigenvalue weighted by molar-refractivity contribution is 5.69. The van der Waals surface area contributed by atoms with Crippen LogP contribution in [0.3, 0.4) is 0 Å². The van der Waals surface area contributed by atoms with E-state index in [-0.39, 0.29) is 11.9 Å². The topological polar surface area (TPSA) is 92.3 Å². The van der Waals surface area contributed by atoms with Crippen molar-refractivity contribution >= 4 is 11.9 Å². The van der Waals surface area contributed by atoms with E-state index in [0.29, 0.717) is 70.4 Å². The fraction of sp³-hybridized carbons (Fsp3) is 0.963. The van der Waals surface area contributed by atoms with Gasteiger partial charge in [-0.15, -0.1) is 0 Å². The fourth-order valence-corrected chi connectivity index (χ4v) is 8.42. The molecule has 0 saturated heterocycles. The lowest BCUT2D eigenvalue weighted by molar-refractivity contribution is -0.146. The Morgan fingerprint density at radius 3 is 1.13 bits per heavy atom. The highest BCUT2D eigenvalue weighted by Gasteiger charge is 2.15. The van der Waals surface area contributed by atoms with Crippen molar-refractivity contribution in [1.82, 2.24) is 5.32 Å². The molecule has 2 atom stereocenters. The third-order valence-electron chi connectivity index (χ3n) is 12.5. The Labute approximate surface area is 386 Å². The molecule has 0 aromatic heterocycles. The molecule has 0 aliphatic heterocycles. The summed E-state index contributed by atoms with van der Waals surface area (Å²) in [5.74, 6) is 1.00. The summed E-state index contributed by atoms with van der Waals surface area (Å²) in [7, 11) is 0. The van der Waals surface area contributed by atoms with Gasteiger partial charge >= 0.3 is 11.9 Å². The number of hydrogen-bond donors (Lipinski definition) is 1. The van der Waals surface area contributed by atoms with Crippen LogP contribution in [0.1, 0.15) is 259 Å². The molecule has 0 bridgehead atoms. The first kappa shape index (κ1) is 60.8. The van der Waals surface area contributed by atoms with Gasteiger partial charge in [0.05, 0.1) is 39.6 Å². The number of unbranched alkanes of at least 4 members (excludes halogenated alkanes) is 20. The first-order chi connectivity index (χ1) is 30.5. The van der Waals surface area contributed by atoms with Crippen LogP contribution in [0, 0.1) is 11.8 Å². The first-order valence-corrected chi connectivity index (χ1v) is 27.3. The molecular weight excluding hydrogens is 775 g/mol. The Morgan fingerprint density at radius 2 is 0.710 bits per heavy atom. The smallest absolute Gasteiger partial charge is 0.305 e. The maximum atomic E-state index is 12.8. The van der Waals surface area contributed by atoms with Gasteiger partial charge in [-0.3, -0.25) is 9.59 Å². The zero-order valence-electron chi connectivity index (χ0n) is 42.2. The molecule has 0 fully saturated rings. The third-order valence-corrected chi connectivity index (χ3v) is 12.5. The van der Waals surface area contributed by atoms with Crippen LogP contribution >= 0.6 is 0 Å². The number of esters is 2. The summed E-state index contributed by atoms with van der Waals surface area (Å²) < 4.78 is 28.4. The van der Waals surface area contributed by atoms with Crippen LogP contribution in [0.25, 0.3) is 0 Å². The number of rotatable bonds is 52. The van der Waals surface area contributed by atoms with Gasteiger partial charge in [0.15, 0.2) is 0 Å². The van der Waals surface area contributed by atoms with Crippen LogP contribution in [-0.2, 0) is 33.3 Å². The van der Waals surface area contributed by atoms with Gasteiger partial charge in [-0.25, -0.2) is 0 Å². The van der Waals surface area contributed by atoms with Gasteiger partial charge in [-0.2, -0.15) is 0 Å². The summed E-state index contributed by atoms with van der Waals surface area (Å²) in [5.41, 5.74) is 0. The van der Waals surface area contributed by atoms with Crippen molar-refractivity contribution in [3.8, 4) is 0 Å². The summed E-state index contributed by atoms with van der Waals surface area (Å²) in [6.07, 6.45) is 41.0. The van der Waals surface area contributed by atoms with E-state index in [2.05, 4.69) is 33.0 Å². The van der Waals surface area contributed by atoms with Crippen molar-refractivity contribution < 1.29 is 33.3 Å². The van der Waals surface area contributed by atoms with E-state index in [1.165, 1.54) is 154 Å². The third kappa shape index (κ3) is 45.4. The van der Waals surface area contributed by atoms with E-state index in [0.717, 1.165) is 77.5 Å². The lowest BCUT2D eigenvalue weighted by Gasteiger charge is -2.19. The molecule has 0 aliphatic carbocycles. The number of nitrogens with one attached hydrogen (secondary N) is 1. The van der Waals surface area contributed by atoms with Gasteiger partial charge in [0.1, 0.15) is 0 Å². The van der Waals surface area contributed by atoms with Crippen molar-refractivity contribution in [3.05, 3.63) is 0 Å². The summed E-state index contributed by atoms with van der Waals surface area (Å²) in [6.45, 7) is 17.1. The van der Waals surface area contributed by atoms with E-state index in [1.54, 1.807) is 0 Å². The maximum absolute atomic E-state index is 12.8. The Balaban J connectivity index is 4.70. The van der Waals surface area contributed by atoms with E-state index >= 15 is 0 Å². The normalized spacial score (nSPS) is 13.0. The van der Waals surface area contributed by atoms with E-state index in [1.807, 2.05) is 6.92 Å². The second kappa shape index (κ2) is 50.8. The SMILES string of the molecule is CCCCCCCCC(CCCCCC)COC(=O)CCCCCC(CCCCCC(=O)OCC(CCCCCC)CCCCCCCC)NCCCOCCOCCOCC. The minimum Gasteiger partial charge on any atom is -0.465 e. The molecule has 0 heterocycles. The summed E-state index contributed by atoms with van der Waals surface area (Å²) in [6, 6.07) is 0.432. The quantitative estimate of drug-likeness (QED) is 0.0477. The summed E-state index contributed by atoms with van der Waals surface area (Å²) in [4.78, 5) is 25.6. The van der Waals surface area contributed by atoms with Crippen molar-refractivity contribution in [1.29, 1.82) is 0 Å². The van der Waals surface area contributed by atoms with Crippen molar-refractivity contribution in [2.24, 2.45) is 11.8 Å². The van der Waals surface area contributed by atoms with Crippen molar-refractivity contribution in [2.45, 2.75) is 265 Å². The second-order valence-corrected chi connectivity index (χ2v) is 18.5. The van der Waals surface area contributed by atoms with Crippen molar-refractivity contribution in [3.63, 3.8) is 0 Å². The van der Waals surface area contributed by atoms with Crippen LogP contribution in [-0.4, -0.2) is 77.4 Å². The minimum absolute atomic E-state index is 0.0142. The van der Waals surface area contributed by atoms with Gasteiger partial charge < -0.3 is 29.0 Å². The molecule has 0 amide bonds. The van der Waals surface area contributed by atoms with Crippen LogP contribution in [0.4, 0.5) is 0 Å².